The molecule has 1 aliphatic heterocycles. The van der Waals surface area contributed by atoms with Crippen molar-refractivity contribution in [3.8, 4) is 0 Å². The molecule has 0 aliphatic carbocycles. The van der Waals surface area contributed by atoms with E-state index in [0.717, 1.165) is 48.0 Å². The zero-order valence-electron chi connectivity index (χ0n) is 14.2. The zero-order chi connectivity index (χ0) is 16.9. The maximum atomic E-state index is 14.5. The van der Waals surface area contributed by atoms with Crippen LogP contribution in [-0.4, -0.2) is 37.8 Å². The molecule has 1 fully saturated rings. The summed E-state index contributed by atoms with van der Waals surface area (Å²) in [6.45, 7) is 7.82. The summed E-state index contributed by atoms with van der Waals surface area (Å²) in [7, 11) is 0. The molecule has 3 rings (SSSR count). The fourth-order valence-corrected chi connectivity index (χ4v) is 3.72. The van der Waals surface area contributed by atoms with Gasteiger partial charge in [0.25, 0.3) is 0 Å². The minimum absolute atomic E-state index is 0.0521. The highest BCUT2D eigenvalue weighted by Crippen LogP contribution is 2.29. The Balaban J connectivity index is 1.67. The van der Waals surface area contributed by atoms with Crippen molar-refractivity contribution in [2.45, 2.75) is 26.3 Å². The summed E-state index contributed by atoms with van der Waals surface area (Å²) < 4.78 is 19.9. The summed E-state index contributed by atoms with van der Waals surface area (Å²) in [5.41, 5.74) is 2.82. The Morgan fingerprint density at radius 3 is 2.88 bits per heavy atom. The molecular formula is C18H24FN3OS. The number of nitrogens with zero attached hydrogens (tertiary/aromatic N) is 2. The van der Waals surface area contributed by atoms with E-state index in [-0.39, 0.29) is 11.9 Å². The van der Waals surface area contributed by atoms with Crippen LogP contribution in [0.25, 0.3) is 0 Å². The van der Waals surface area contributed by atoms with E-state index in [0.29, 0.717) is 13.2 Å². The van der Waals surface area contributed by atoms with Gasteiger partial charge in [-0.05, 0) is 26.0 Å². The average Bonchev–Trinajstić information content (AvgIpc) is 3.00. The minimum atomic E-state index is -0.150. The Kier molecular flexibility index (Phi) is 5.81. The maximum absolute atomic E-state index is 14.5. The van der Waals surface area contributed by atoms with Crippen molar-refractivity contribution in [3.63, 3.8) is 0 Å². The van der Waals surface area contributed by atoms with Crippen molar-refractivity contribution >= 4 is 17.0 Å². The number of benzene rings is 1. The van der Waals surface area contributed by atoms with Crippen LogP contribution in [0, 0.1) is 12.7 Å². The third-order valence-corrected chi connectivity index (χ3v) is 5.14. The van der Waals surface area contributed by atoms with Gasteiger partial charge in [0.2, 0.25) is 0 Å². The van der Waals surface area contributed by atoms with Crippen LogP contribution in [0.4, 0.5) is 10.1 Å². The highest BCUT2D eigenvalue weighted by Gasteiger charge is 2.21. The van der Waals surface area contributed by atoms with Gasteiger partial charge in [-0.2, -0.15) is 0 Å². The summed E-state index contributed by atoms with van der Waals surface area (Å²) in [6, 6.07) is 5.28. The van der Waals surface area contributed by atoms with Gasteiger partial charge in [0.15, 0.2) is 0 Å². The molecule has 2 aromatic rings. The second kappa shape index (κ2) is 8.05. The number of aromatic nitrogens is 1. The number of halogens is 1. The van der Waals surface area contributed by atoms with Gasteiger partial charge in [0, 0.05) is 48.7 Å². The van der Waals surface area contributed by atoms with Crippen molar-refractivity contribution in [3.05, 3.63) is 45.7 Å². The summed E-state index contributed by atoms with van der Waals surface area (Å²) in [6.07, 6.45) is 0.857. The van der Waals surface area contributed by atoms with Crippen LogP contribution in [0.5, 0.6) is 0 Å². The molecule has 1 aliphatic rings. The van der Waals surface area contributed by atoms with Crippen LogP contribution in [0.1, 0.15) is 29.2 Å². The standard InChI is InChI=1S/C18H24FN3OS/c1-13(20-7-6-15-12-24-14(2)21-15)18-16(19)4-3-5-17(18)22-8-10-23-11-9-22/h3-5,12-13,20H,6-11H2,1-2H3/t13-/m0/s1. The first-order chi connectivity index (χ1) is 11.6. The molecule has 24 heavy (non-hydrogen) atoms. The highest BCUT2D eigenvalue weighted by molar-refractivity contribution is 7.09. The molecule has 1 atom stereocenters. The first-order valence-corrected chi connectivity index (χ1v) is 9.28. The Hall–Kier alpha value is -1.50. The monoisotopic (exact) mass is 349 g/mol. The lowest BCUT2D eigenvalue weighted by Crippen LogP contribution is -2.37. The highest BCUT2D eigenvalue weighted by atomic mass is 32.1. The first kappa shape index (κ1) is 17.3. The van der Waals surface area contributed by atoms with Crippen LogP contribution >= 0.6 is 11.3 Å². The molecule has 6 heteroatoms. The van der Waals surface area contributed by atoms with Crippen LogP contribution in [-0.2, 0) is 11.2 Å². The van der Waals surface area contributed by atoms with Crippen LogP contribution in [0.15, 0.2) is 23.6 Å². The smallest absolute Gasteiger partial charge is 0.130 e. The number of aryl methyl sites for hydroxylation is 1. The Morgan fingerprint density at radius 1 is 1.38 bits per heavy atom. The van der Waals surface area contributed by atoms with Crippen molar-refractivity contribution in [2.75, 3.05) is 37.7 Å². The van der Waals surface area contributed by atoms with Gasteiger partial charge >= 0.3 is 0 Å². The fraction of sp³-hybridized carbons (Fsp3) is 0.500. The molecule has 0 saturated carbocycles. The first-order valence-electron chi connectivity index (χ1n) is 8.40. The summed E-state index contributed by atoms with van der Waals surface area (Å²) in [5.74, 6) is -0.150. The topological polar surface area (TPSA) is 37.4 Å². The SMILES string of the molecule is Cc1nc(CCN[C@@H](C)c2c(F)cccc2N2CCOCC2)cs1. The lowest BCUT2D eigenvalue weighted by atomic mass is 10.0. The number of rotatable bonds is 6. The van der Waals surface area contributed by atoms with E-state index in [1.165, 1.54) is 0 Å². The van der Waals surface area contributed by atoms with Gasteiger partial charge in [-0.1, -0.05) is 6.07 Å². The number of ether oxygens (including phenoxy) is 1. The number of morpholine rings is 1. The second-order valence-corrected chi connectivity index (χ2v) is 7.12. The summed E-state index contributed by atoms with van der Waals surface area (Å²) in [4.78, 5) is 6.68. The van der Waals surface area contributed by atoms with Crippen molar-refractivity contribution in [1.82, 2.24) is 10.3 Å². The Bertz CT molecular complexity index is 670. The zero-order valence-corrected chi connectivity index (χ0v) is 15.0. The van der Waals surface area contributed by atoms with E-state index in [4.69, 9.17) is 4.74 Å². The van der Waals surface area contributed by atoms with Gasteiger partial charge in [-0.3, -0.25) is 0 Å². The number of thiazole rings is 1. The quantitative estimate of drug-likeness (QED) is 0.868. The lowest BCUT2D eigenvalue weighted by Gasteiger charge is -2.32. The van der Waals surface area contributed by atoms with Crippen molar-refractivity contribution < 1.29 is 9.13 Å². The molecular weight excluding hydrogens is 325 g/mol. The average molecular weight is 349 g/mol. The third-order valence-electron chi connectivity index (χ3n) is 4.31. The van der Waals surface area contributed by atoms with Crippen LogP contribution in [0.2, 0.25) is 0 Å². The number of hydrogen-bond acceptors (Lipinski definition) is 5. The predicted molar refractivity (Wildman–Crippen MR) is 96.4 cm³/mol. The predicted octanol–water partition coefficient (Wildman–Crippen LogP) is 3.32. The van der Waals surface area contributed by atoms with Crippen molar-refractivity contribution in [1.29, 1.82) is 0 Å². The second-order valence-electron chi connectivity index (χ2n) is 6.06. The minimum Gasteiger partial charge on any atom is -0.378 e. The maximum Gasteiger partial charge on any atom is 0.130 e. The van der Waals surface area contributed by atoms with E-state index in [1.54, 1.807) is 23.5 Å². The molecule has 130 valence electrons. The van der Waals surface area contributed by atoms with Gasteiger partial charge < -0.3 is 15.0 Å². The number of hydrogen-bond donors (Lipinski definition) is 1. The molecule has 2 heterocycles. The molecule has 4 nitrogen and oxygen atoms in total. The van der Waals surface area contributed by atoms with Gasteiger partial charge in [-0.15, -0.1) is 11.3 Å². The van der Waals surface area contributed by atoms with Gasteiger partial charge in [0.05, 0.1) is 23.9 Å². The van der Waals surface area contributed by atoms with Crippen LogP contribution in [0.3, 0.4) is 0 Å². The summed E-state index contributed by atoms with van der Waals surface area (Å²) in [5, 5.41) is 6.62. The number of anilines is 1. The molecule has 0 unspecified atom stereocenters. The largest absolute Gasteiger partial charge is 0.378 e. The van der Waals surface area contributed by atoms with Crippen molar-refractivity contribution in [2.24, 2.45) is 0 Å². The van der Waals surface area contributed by atoms with E-state index in [1.807, 2.05) is 19.9 Å². The fourth-order valence-electron chi connectivity index (χ4n) is 3.08. The Morgan fingerprint density at radius 2 is 2.17 bits per heavy atom. The molecule has 1 aromatic carbocycles. The van der Waals surface area contributed by atoms with E-state index in [9.17, 15) is 4.39 Å². The Labute approximate surface area is 146 Å². The van der Waals surface area contributed by atoms with E-state index >= 15 is 0 Å². The molecule has 0 spiro atoms. The van der Waals surface area contributed by atoms with Crippen LogP contribution < -0.4 is 10.2 Å². The summed E-state index contributed by atoms with van der Waals surface area (Å²) >= 11 is 1.67. The van der Waals surface area contributed by atoms with E-state index < -0.39 is 0 Å². The third kappa shape index (κ3) is 4.12. The number of nitrogens with one attached hydrogen (secondary N) is 1. The molecule has 0 bridgehead atoms. The van der Waals surface area contributed by atoms with E-state index in [2.05, 4.69) is 20.6 Å². The molecule has 1 N–H and O–H groups in total. The lowest BCUT2D eigenvalue weighted by molar-refractivity contribution is 0.122. The molecule has 1 saturated heterocycles. The van der Waals surface area contributed by atoms with Gasteiger partial charge in [0.1, 0.15) is 5.82 Å². The molecule has 0 amide bonds. The normalized spacial score (nSPS) is 16.4. The van der Waals surface area contributed by atoms with Gasteiger partial charge in [-0.25, -0.2) is 9.37 Å². The molecule has 0 radical (unpaired) electrons. The molecule has 1 aromatic heterocycles.